The Morgan fingerprint density at radius 3 is 2.60 bits per heavy atom. The molecule has 0 amide bonds. The van der Waals surface area contributed by atoms with Crippen molar-refractivity contribution in [2.75, 3.05) is 13.6 Å². The maximum atomic E-state index is 11.0. The van der Waals surface area contributed by atoms with Crippen LogP contribution in [0.3, 0.4) is 0 Å². The van der Waals surface area contributed by atoms with E-state index in [2.05, 4.69) is 29.1 Å². The third-order valence-corrected chi connectivity index (χ3v) is 5.30. The summed E-state index contributed by atoms with van der Waals surface area (Å²) in [6.45, 7) is 8.17. The number of likely N-dealkylation sites (N-methyl/N-ethyl adjacent to an activating group) is 1. The molecular formula is C19H28N4O2. The Kier molecular flexibility index (Phi) is 5.11. The van der Waals surface area contributed by atoms with Gasteiger partial charge in [0, 0.05) is 12.6 Å². The van der Waals surface area contributed by atoms with Crippen LogP contribution in [0.4, 0.5) is 0 Å². The predicted octanol–water partition coefficient (Wildman–Crippen LogP) is 2.49. The van der Waals surface area contributed by atoms with Crippen molar-refractivity contribution in [3.05, 3.63) is 41.5 Å². The summed E-state index contributed by atoms with van der Waals surface area (Å²) in [5, 5.41) is 19.3. The van der Waals surface area contributed by atoms with E-state index in [1.165, 1.54) is 0 Å². The van der Waals surface area contributed by atoms with Gasteiger partial charge in [-0.15, -0.1) is 10.2 Å². The van der Waals surface area contributed by atoms with Crippen molar-refractivity contribution in [2.24, 2.45) is 0 Å². The van der Waals surface area contributed by atoms with Gasteiger partial charge in [0.05, 0.1) is 0 Å². The highest BCUT2D eigenvalue weighted by Crippen LogP contribution is 2.34. The summed E-state index contributed by atoms with van der Waals surface area (Å²) in [6.07, 6.45) is 2.16. The zero-order chi connectivity index (χ0) is 18.0. The number of nitrogens with zero attached hydrogens (tertiary/aromatic N) is 4. The average molecular weight is 344 g/mol. The second kappa shape index (κ2) is 7.14. The van der Waals surface area contributed by atoms with Crippen LogP contribution in [0.1, 0.15) is 43.9 Å². The molecule has 2 aromatic rings. The average Bonchev–Trinajstić information content (AvgIpc) is 3.19. The van der Waals surface area contributed by atoms with E-state index in [1.54, 1.807) is 0 Å². The van der Waals surface area contributed by atoms with Crippen LogP contribution in [0.25, 0.3) is 0 Å². The van der Waals surface area contributed by atoms with Crippen LogP contribution >= 0.6 is 0 Å². The van der Waals surface area contributed by atoms with E-state index in [-0.39, 0.29) is 6.04 Å². The first kappa shape index (κ1) is 17.9. The number of aromatic nitrogens is 3. The molecule has 3 rings (SSSR count). The van der Waals surface area contributed by atoms with E-state index < -0.39 is 5.60 Å². The summed E-state index contributed by atoms with van der Waals surface area (Å²) in [5.74, 6) is 2.49. The number of benzene rings is 1. The number of rotatable bonds is 6. The van der Waals surface area contributed by atoms with Crippen molar-refractivity contribution >= 4 is 0 Å². The maximum Gasteiger partial charge on any atom is 0.171 e. The summed E-state index contributed by atoms with van der Waals surface area (Å²) >= 11 is 0. The van der Waals surface area contributed by atoms with E-state index in [4.69, 9.17) is 4.74 Å². The first-order valence-corrected chi connectivity index (χ1v) is 8.98. The van der Waals surface area contributed by atoms with Gasteiger partial charge in [0.1, 0.15) is 23.8 Å². The number of likely N-dealkylation sites (tertiary alicyclic amines) is 1. The molecular weight excluding hydrogens is 316 g/mol. The second-order valence-corrected chi connectivity index (χ2v) is 7.01. The molecule has 6 nitrogen and oxygen atoms in total. The van der Waals surface area contributed by atoms with Crippen LogP contribution in [-0.2, 0) is 18.8 Å². The highest BCUT2D eigenvalue weighted by Gasteiger charge is 2.38. The van der Waals surface area contributed by atoms with E-state index in [0.717, 1.165) is 48.9 Å². The summed E-state index contributed by atoms with van der Waals surface area (Å²) in [6, 6.07) is 7.90. The number of aliphatic hydroxyl groups is 1. The minimum absolute atomic E-state index is 0.158. The summed E-state index contributed by atoms with van der Waals surface area (Å²) < 4.78 is 7.88. The Hall–Kier alpha value is -1.92. The summed E-state index contributed by atoms with van der Waals surface area (Å²) in [5.41, 5.74) is 0.0645. The van der Waals surface area contributed by atoms with Gasteiger partial charge in [-0.2, -0.15) is 0 Å². The number of aryl methyl sites for hydroxylation is 1. The van der Waals surface area contributed by atoms with Crippen LogP contribution in [0, 0.1) is 6.92 Å². The van der Waals surface area contributed by atoms with Gasteiger partial charge >= 0.3 is 0 Å². The van der Waals surface area contributed by atoms with Crippen molar-refractivity contribution < 1.29 is 9.84 Å². The molecule has 1 aliphatic rings. The van der Waals surface area contributed by atoms with Crippen LogP contribution in [0.2, 0.25) is 0 Å². The van der Waals surface area contributed by atoms with Gasteiger partial charge in [0.2, 0.25) is 0 Å². The summed E-state index contributed by atoms with van der Waals surface area (Å²) in [7, 11) is 2.08. The van der Waals surface area contributed by atoms with Gasteiger partial charge in [-0.05, 0) is 64.9 Å². The first-order chi connectivity index (χ1) is 11.9. The van der Waals surface area contributed by atoms with Crippen molar-refractivity contribution in [2.45, 2.75) is 58.4 Å². The molecule has 1 fully saturated rings. The maximum absolute atomic E-state index is 11.0. The number of hydrogen-bond donors (Lipinski definition) is 1. The molecule has 0 spiro atoms. The van der Waals surface area contributed by atoms with E-state index in [0.29, 0.717) is 6.61 Å². The van der Waals surface area contributed by atoms with Crippen molar-refractivity contribution in [1.82, 2.24) is 19.7 Å². The standard InChI is InChI=1S/C19H28N4O2/c1-5-23-14(2)20-21-18(23)13-25-16-10-8-15(9-11-16)19(3,24)17-7-6-12-22(17)4/h8-11,17,24H,5-7,12-13H2,1-4H3/t17-,19?/m1/s1. The van der Waals surface area contributed by atoms with Crippen LogP contribution in [0.5, 0.6) is 5.75 Å². The van der Waals surface area contributed by atoms with E-state index in [1.807, 2.05) is 42.7 Å². The number of hydrogen-bond acceptors (Lipinski definition) is 5. The highest BCUT2D eigenvalue weighted by molar-refractivity contribution is 5.32. The molecule has 2 heterocycles. The van der Waals surface area contributed by atoms with E-state index in [9.17, 15) is 5.11 Å². The Balaban J connectivity index is 1.68. The molecule has 0 saturated carbocycles. The minimum Gasteiger partial charge on any atom is -0.486 e. The van der Waals surface area contributed by atoms with Crippen molar-refractivity contribution in [3.8, 4) is 5.75 Å². The predicted molar refractivity (Wildman–Crippen MR) is 96.4 cm³/mol. The fourth-order valence-corrected chi connectivity index (χ4v) is 3.79. The Bertz CT molecular complexity index is 709. The molecule has 6 heteroatoms. The smallest absolute Gasteiger partial charge is 0.171 e. The molecule has 0 bridgehead atoms. The van der Waals surface area contributed by atoms with Gasteiger partial charge in [-0.25, -0.2) is 0 Å². The van der Waals surface area contributed by atoms with Crippen LogP contribution in [-0.4, -0.2) is 44.4 Å². The molecule has 25 heavy (non-hydrogen) atoms. The van der Waals surface area contributed by atoms with Crippen LogP contribution < -0.4 is 4.74 Å². The highest BCUT2D eigenvalue weighted by atomic mass is 16.5. The topological polar surface area (TPSA) is 63.4 Å². The summed E-state index contributed by atoms with van der Waals surface area (Å²) in [4.78, 5) is 2.24. The van der Waals surface area contributed by atoms with Crippen molar-refractivity contribution in [1.29, 1.82) is 0 Å². The zero-order valence-corrected chi connectivity index (χ0v) is 15.6. The number of ether oxygens (including phenoxy) is 1. The fourth-order valence-electron chi connectivity index (χ4n) is 3.79. The van der Waals surface area contributed by atoms with Gasteiger partial charge in [-0.3, -0.25) is 0 Å². The van der Waals surface area contributed by atoms with Crippen molar-refractivity contribution in [3.63, 3.8) is 0 Å². The largest absolute Gasteiger partial charge is 0.486 e. The van der Waals surface area contributed by atoms with Gasteiger partial charge in [0.25, 0.3) is 0 Å². The molecule has 1 aliphatic heterocycles. The third kappa shape index (κ3) is 3.55. The molecule has 1 aromatic carbocycles. The normalized spacial score (nSPS) is 20.6. The molecule has 1 N–H and O–H groups in total. The molecule has 1 unspecified atom stereocenters. The van der Waals surface area contributed by atoms with E-state index >= 15 is 0 Å². The zero-order valence-electron chi connectivity index (χ0n) is 15.6. The molecule has 136 valence electrons. The quantitative estimate of drug-likeness (QED) is 0.872. The Labute approximate surface area is 149 Å². The fraction of sp³-hybridized carbons (Fsp3) is 0.579. The lowest BCUT2D eigenvalue weighted by Crippen LogP contribution is -2.43. The SMILES string of the molecule is CCn1c(C)nnc1COc1ccc(C(C)(O)[C@H]2CCCN2C)cc1. The molecule has 1 aromatic heterocycles. The van der Waals surface area contributed by atoms with Crippen LogP contribution in [0.15, 0.2) is 24.3 Å². The Morgan fingerprint density at radius 2 is 2.00 bits per heavy atom. The molecule has 0 aliphatic carbocycles. The van der Waals surface area contributed by atoms with Gasteiger partial charge in [-0.1, -0.05) is 12.1 Å². The lowest BCUT2D eigenvalue weighted by Gasteiger charge is -2.35. The lowest BCUT2D eigenvalue weighted by molar-refractivity contribution is -0.0153. The monoisotopic (exact) mass is 344 g/mol. The van der Waals surface area contributed by atoms with Gasteiger partial charge < -0.3 is 19.3 Å². The third-order valence-electron chi connectivity index (χ3n) is 5.30. The lowest BCUT2D eigenvalue weighted by atomic mass is 9.87. The molecule has 1 saturated heterocycles. The molecule has 2 atom stereocenters. The Morgan fingerprint density at radius 1 is 1.28 bits per heavy atom. The first-order valence-electron chi connectivity index (χ1n) is 8.98. The second-order valence-electron chi connectivity index (χ2n) is 7.01. The minimum atomic E-state index is -0.858. The molecule has 0 radical (unpaired) electrons. The van der Waals surface area contributed by atoms with Gasteiger partial charge in [0.15, 0.2) is 5.82 Å².